The quantitative estimate of drug-likeness (QED) is 0.227. The molecule has 198 valence electrons. The van der Waals surface area contributed by atoms with E-state index in [9.17, 15) is 9.59 Å². The molecule has 0 aromatic rings. The minimum atomic E-state index is -0.445. The molecule has 7 nitrogen and oxygen atoms in total. The van der Waals surface area contributed by atoms with Crippen molar-refractivity contribution in [1.82, 2.24) is 10.2 Å². The van der Waals surface area contributed by atoms with E-state index in [1.165, 1.54) is 36.2 Å². The molecule has 3 fully saturated rings. The maximum Gasteiger partial charge on any atom is 0.435 e. The summed E-state index contributed by atoms with van der Waals surface area (Å²) in [6.45, 7) is 8.60. The molecule has 0 heterocycles. The normalized spacial score (nSPS) is 36.3. The van der Waals surface area contributed by atoms with Gasteiger partial charge in [-0.3, -0.25) is 9.63 Å². The molecule has 0 aromatic carbocycles. The first kappa shape index (κ1) is 28.1. The van der Waals surface area contributed by atoms with E-state index in [4.69, 9.17) is 9.94 Å². The number of ketones is 1. The van der Waals surface area contributed by atoms with Crippen LogP contribution in [0.4, 0.5) is 4.79 Å². The summed E-state index contributed by atoms with van der Waals surface area (Å²) in [4.78, 5) is 31.2. The molecular weight excluding hydrogens is 466 g/mol. The first-order valence-electron chi connectivity index (χ1n) is 13.2. The highest BCUT2D eigenvalue weighted by atomic mass is 35.5. The van der Waals surface area contributed by atoms with Gasteiger partial charge in [-0.15, -0.1) is 12.4 Å². The number of hydrogen-bond acceptors (Lipinski definition) is 6. The Morgan fingerprint density at radius 1 is 1.17 bits per heavy atom. The number of aliphatic hydroxyl groups excluding tert-OH is 1. The molecule has 0 spiro atoms. The van der Waals surface area contributed by atoms with E-state index in [-0.39, 0.29) is 29.8 Å². The largest absolute Gasteiger partial charge is 0.435 e. The zero-order valence-corrected chi connectivity index (χ0v) is 22.7. The topological polar surface area (TPSA) is 91.2 Å². The van der Waals surface area contributed by atoms with Gasteiger partial charge in [0.1, 0.15) is 0 Å². The maximum absolute atomic E-state index is 12.4. The maximum atomic E-state index is 12.4. The number of rotatable bonds is 7. The van der Waals surface area contributed by atoms with Crippen molar-refractivity contribution in [3.05, 3.63) is 11.6 Å². The van der Waals surface area contributed by atoms with Gasteiger partial charge in [-0.05, 0) is 86.5 Å². The standard InChI is InChI=1S/C27H43N3O4.ClH/c1-18(29-34-25(33)30(4)15-13-28-14-16-31)22-7-8-23-21-6-5-19-17-20(32)9-11-26(19,2)24(21)10-12-27(22,23)3;/h17,21-24,28,31H,5-16H2,1-4H3;1H/b29-18+;/t21-,22+,23-,24-,26-,27+;/m0./s1. The third-order valence-electron chi connectivity index (χ3n) is 9.96. The van der Waals surface area contributed by atoms with E-state index < -0.39 is 6.09 Å². The number of allylic oxidation sites excluding steroid dienone is 1. The predicted octanol–water partition coefficient (Wildman–Crippen LogP) is 4.58. The van der Waals surface area contributed by atoms with Gasteiger partial charge in [-0.25, -0.2) is 4.79 Å². The Morgan fingerprint density at radius 2 is 1.94 bits per heavy atom. The Balaban J connectivity index is 0.00000342. The van der Waals surface area contributed by atoms with Crippen LogP contribution in [0.2, 0.25) is 0 Å². The van der Waals surface area contributed by atoms with Crippen molar-refractivity contribution in [2.45, 2.75) is 72.1 Å². The Bertz CT molecular complexity index is 861. The third-order valence-corrected chi connectivity index (χ3v) is 9.96. The van der Waals surface area contributed by atoms with E-state index in [2.05, 4.69) is 24.3 Å². The molecule has 4 aliphatic carbocycles. The van der Waals surface area contributed by atoms with Crippen molar-refractivity contribution in [3.63, 3.8) is 0 Å². The average Bonchev–Trinajstić information content (AvgIpc) is 3.17. The van der Waals surface area contributed by atoms with Gasteiger partial charge in [0.15, 0.2) is 5.78 Å². The molecule has 0 aromatic heterocycles. The van der Waals surface area contributed by atoms with Crippen LogP contribution in [0.25, 0.3) is 0 Å². The van der Waals surface area contributed by atoms with E-state index >= 15 is 0 Å². The molecule has 8 heteroatoms. The smallest absolute Gasteiger partial charge is 0.395 e. The first-order chi connectivity index (χ1) is 16.2. The van der Waals surface area contributed by atoms with Crippen molar-refractivity contribution < 1.29 is 19.5 Å². The molecule has 1 amide bonds. The van der Waals surface area contributed by atoms with Crippen LogP contribution in [0, 0.1) is 34.5 Å². The second kappa shape index (κ2) is 11.3. The number of aliphatic hydroxyl groups is 1. The zero-order chi connectivity index (χ0) is 24.5. The molecular formula is C27H44ClN3O4. The molecule has 4 rings (SSSR count). The molecule has 35 heavy (non-hydrogen) atoms. The van der Waals surface area contributed by atoms with Crippen LogP contribution in [0.3, 0.4) is 0 Å². The fourth-order valence-electron chi connectivity index (χ4n) is 8.03. The van der Waals surface area contributed by atoms with Gasteiger partial charge in [0.05, 0.1) is 12.3 Å². The van der Waals surface area contributed by atoms with Crippen molar-refractivity contribution in [2.24, 2.45) is 39.7 Å². The number of amides is 1. The monoisotopic (exact) mass is 509 g/mol. The summed E-state index contributed by atoms with van der Waals surface area (Å²) in [7, 11) is 1.70. The molecule has 2 N–H and O–H groups in total. The van der Waals surface area contributed by atoms with Crippen LogP contribution in [-0.4, -0.2) is 60.9 Å². The lowest BCUT2D eigenvalue weighted by Crippen LogP contribution is -2.51. The SMILES string of the molecule is C/C(=N\OC(=O)N(C)CCNCCO)[C@H]1CC[C@H]2[C@@H]3CCC4=CC(=O)CC[C@]4(C)[C@H]3CC[C@]12C.Cl. The van der Waals surface area contributed by atoms with Crippen molar-refractivity contribution in [1.29, 1.82) is 0 Å². The van der Waals surface area contributed by atoms with Crippen molar-refractivity contribution in [3.8, 4) is 0 Å². The summed E-state index contributed by atoms with van der Waals surface area (Å²) in [5.74, 6) is 2.74. The summed E-state index contributed by atoms with van der Waals surface area (Å²) in [6.07, 6.45) is 10.3. The molecule has 0 radical (unpaired) electrons. The number of fused-ring (bicyclic) bond motifs is 5. The Hall–Kier alpha value is -1.44. The number of halogens is 1. The van der Waals surface area contributed by atoms with Crippen LogP contribution >= 0.6 is 12.4 Å². The molecule has 6 atom stereocenters. The minimum absolute atomic E-state index is 0. The number of carbonyl (C=O) groups excluding carboxylic acids is 2. The number of nitrogens with zero attached hydrogens (tertiary/aromatic N) is 2. The number of likely N-dealkylation sites (N-methyl/N-ethyl adjacent to an activating group) is 1. The summed E-state index contributed by atoms with van der Waals surface area (Å²) in [6, 6.07) is 0. The molecule has 0 unspecified atom stereocenters. The summed E-state index contributed by atoms with van der Waals surface area (Å²) in [5.41, 5.74) is 2.76. The van der Waals surface area contributed by atoms with Crippen LogP contribution in [0.1, 0.15) is 72.1 Å². The summed E-state index contributed by atoms with van der Waals surface area (Å²) < 4.78 is 0. The highest BCUT2D eigenvalue weighted by Gasteiger charge is 2.59. The summed E-state index contributed by atoms with van der Waals surface area (Å²) >= 11 is 0. The van der Waals surface area contributed by atoms with Gasteiger partial charge in [-0.2, -0.15) is 0 Å². The molecule has 0 aliphatic heterocycles. The number of carbonyl (C=O) groups is 2. The lowest BCUT2D eigenvalue weighted by atomic mass is 9.46. The summed E-state index contributed by atoms with van der Waals surface area (Å²) in [5, 5.41) is 16.2. The van der Waals surface area contributed by atoms with Crippen LogP contribution in [0.15, 0.2) is 16.8 Å². The van der Waals surface area contributed by atoms with Crippen LogP contribution in [-0.2, 0) is 9.63 Å². The zero-order valence-electron chi connectivity index (χ0n) is 21.8. The van der Waals surface area contributed by atoms with E-state index in [0.29, 0.717) is 55.5 Å². The second-order valence-electron chi connectivity index (χ2n) is 11.6. The fraction of sp³-hybridized carbons (Fsp3) is 0.815. The molecule has 4 aliphatic rings. The molecule has 3 saturated carbocycles. The second-order valence-corrected chi connectivity index (χ2v) is 11.6. The Kier molecular flexibility index (Phi) is 9.09. The number of nitrogens with one attached hydrogen (secondary N) is 1. The van der Waals surface area contributed by atoms with E-state index in [1.54, 1.807) is 7.05 Å². The Labute approximate surface area is 216 Å². The van der Waals surface area contributed by atoms with Gasteiger partial charge < -0.3 is 15.3 Å². The highest BCUT2D eigenvalue weighted by Crippen LogP contribution is 2.66. The average molecular weight is 510 g/mol. The van der Waals surface area contributed by atoms with Crippen LogP contribution in [0.5, 0.6) is 0 Å². The van der Waals surface area contributed by atoms with Gasteiger partial charge >= 0.3 is 6.09 Å². The van der Waals surface area contributed by atoms with E-state index in [1.807, 2.05) is 13.0 Å². The third kappa shape index (κ3) is 5.33. The molecule has 0 bridgehead atoms. The lowest BCUT2D eigenvalue weighted by molar-refractivity contribution is -0.117. The van der Waals surface area contributed by atoms with Gasteiger partial charge in [-0.1, -0.05) is 24.6 Å². The highest BCUT2D eigenvalue weighted by molar-refractivity contribution is 5.91. The van der Waals surface area contributed by atoms with Crippen molar-refractivity contribution in [2.75, 3.05) is 33.3 Å². The van der Waals surface area contributed by atoms with Gasteiger partial charge in [0, 0.05) is 39.0 Å². The first-order valence-corrected chi connectivity index (χ1v) is 13.2. The predicted molar refractivity (Wildman–Crippen MR) is 140 cm³/mol. The van der Waals surface area contributed by atoms with Gasteiger partial charge in [0.25, 0.3) is 0 Å². The Morgan fingerprint density at radius 3 is 2.69 bits per heavy atom. The van der Waals surface area contributed by atoms with E-state index in [0.717, 1.165) is 25.0 Å². The van der Waals surface area contributed by atoms with Crippen LogP contribution < -0.4 is 5.32 Å². The van der Waals surface area contributed by atoms with Crippen molar-refractivity contribution >= 4 is 30.0 Å². The lowest BCUT2D eigenvalue weighted by Gasteiger charge is -2.58. The number of oxime groups is 1. The number of hydrogen-bond donors (Lipinski definition) is 2. The molecule has 0 saturated heterocycles. The van der Waals surface area contributed by atoms with Gasteiger partial charge in [0.2, 0.25) is 0 Å². The fourth-order valence-corrected chi connectivity index (χ4v) is 8.03. The minimum Gasteiger partial charge on any atom is -0.395 e.